The van der Waals surface area contributed by atoms with Gasteiger partial charge in [-0.3, -0.25) is 0 Å². The monoisotopic (exact) mass is 190 g/mol. The van der Waals surface area contributed by atoms with Crippen molar-refractivity contribution < 1.29 is 14.9 Å². The molecule has 1 heterocycles. The molecule has 2 radical (unpaired) electrons. The molecule has 0 bridgehead atoms. The van der Waals surface area contributed by atoms with Gasteiger partial charge < -0.3 is 14.9 Å². The molecule has 4 heteroatoms. The zero-order valence-corrected chi connectivity index (χ0v) is 7.83. The van der Waals surface area contributed by atoms with Gasteiger partial charge in [0, 0.05) is 5.75 Å². The van der Waals surface area contributed by atoms with Crippen LogP contribution in [0, 0.1) is 6.92 Å². The van der Waals surface area contributed by atoms with Gasteiger partial charge in [0.25, 0.3) is 0 Å². The fourth-order valence-corrected chi connectivity index (χ4v) is 1.89. The number of aliphatic hydroxyl groups is 2. The van der Waals surface area contributed by atoms with E-state index in [4.69, 9.17) is 11.7 Å². The van der Waals surface area contributed by atoms with Crippen LogP contribution in [0.25, 0.3) is 0 Å². The van der Waals surface area contributed by atoms with Crippen LogP contribution in [0.1, 0.15) is 6.92 Å². The Bertz CT molecular complexity index is 142. The van der Waals surface area contributed by atoms with E-state index in [0.717, 1.165) is 5.75 Å². The second-order valence-corrected chi connectivity index (χ2v) is 4.10. The van der Waals surface area contributed by atoms with E-state index in [2.05, 4.69) is 0 Å². The standard InChI is InChI=1S/C8H14O3S/c1-3-12-4-6-8(10)7(9)5(2)11-6/h2,5-10H,3-4H2,1H3/t5-,6+,7?,8-/m0/s1. The highest BCUT2D eigenvalue weighted by atomic mass is 32.2. The minimum absolute atomic E-state index is 0.319. The van der Waals surface area contributed by atoms with Crippen molar-refractivity contribution in [1.82, 2.24) is 0 Å². The Morgan fingerprint density at radius 1 is 1.42 bits per heavy atom. The molecule has 1 rings (SSSR count). The Balaban J connectivity index is 2.36. The lowest BCUT2D eigenvalue weighted by Gasteiger charge is -2.13. The van der Waals surface area contributed by atoms with E-state index in [9.17, 15) is 10.2 Å². The summed E-state index contributed by atoms with van der Waals surface area (Å²) in [7, 11) is 0. The fourth-order valence-electron chi connectivity index (χ4n) is 1.15. The average molecular weight is 190 g/mol. The van der Waals surface area contributed by atoms with Gasteiger partial charge in [-0.25, -0.2) is 0 Å². The first-order chi connectivity index (χ1) is 5.66. The summed E-state index contributed by atoms with van der Waals surface area (Å²) < 4.78 is 5.14. The van der Waals surface area contributed by atoms with Crippen molar-refractivity contribution in [3.63, 3.8) is 0 Å². The van der Waals surface area contributed by atoms with Crippen LogP contribution < -0.4 is 0 Å². The average Bonchev–Trinajstić information content (AvgIpc) is 2.30. The molecular weight excluding hydrogens is 176 g/mol. The summed E-state index contributed by atoms with van der Waals surface area (Å²) in [5, 5.41) is 18.6. The van der Waals surface area contributed by atoms with Gasteiger partial charge in [0.05, 0.1) is 12.2 Å². The largest absolute Gasteiger partial charge is 0.388 e. The smallest absolute Gasteiger partial charge is 0.109 e. The quantitative estimate of drug-likeness (QED) is 0.654. The van der Waals surface area contributed by atoms with Gasteiger partial charge in [-0.05, 0) is 12.7 Å². The van der Waals surface area contributed by atoms with Crippen LogP contribution in [0.5, 0.6) is 0 Å². The van der Waals surface area contributed by atoms with Crippen LogP contribution in [0.3, 0.4) is 0 Å². The molecule has 2 N–H and O–H groups in total. The highest BCUT2D eigenvalue weighted by Crippen LogP contribution is 2.23. The summed E-state index contributed by atoms with van der Waals surface area (Å²) >= 11 is 1.66. The summed E-state index contributed by atoms with van der Waals surface area (Å²) in [4.78, 5) is 0. The number of aliphatic hydroxyl groups excluding tert-OH is 2. The van der Waals surface area contributed by atoms with Crippen LogP contribution in [0.2, 0.25) is 0 Å². The van der Waals surface area contributed by atoms with E-state index < -0.39 is 18.3 Å². The van der Waals surface area contributed by atoms with Crippen molar-refractivity contribution in [1.29, 1.82) is 0 Å². The van der Waals surface area contributed by atoms with Gasteiger partial charge in [0.15, 0.2) is 0 Å². The molecule has 0 spiro atoms. The van der Waals surface area contributed by atoms with Crippen molar-refractivity contribution in [2.24, 2.45) is 0 Å². The maximum absolute atomic E-state index is 9.39. The molecular formula is C8H14O3S. The molecule has 0 amide bonds. The highest BCUT2D eigenvalue weighted by Gasteiger charge is 2.39. The normalized spacial score (nSPS) is 42.0. The Labute approximate surface area is 77.1 Å². The van der Waals surface area contributed by atoms with Crippen molar-refractivity contribution in [3.8, 4) is 0 Å². The first-order valence-electron chi connectivity index (χ1n) is 4.01. The third kappa shape index (κ3) is 2.13. The zero-order valence-electron chi connectivity index (χ0n) is 7.01. The molecule has 1 saturated heterocycles. The Morgan fingerprint density at radius 3 is 2.50 bits per heavy atom. The maximum Gasteiger partial charge on any atom is 0.109 e. The lowest BCUT2D eigenvalue weighted by Crippen LogP contribution is -2.32. The van der Waals surface area contributed by atoms with Crippen LogP contribution >= 0.6 is 11.8 Å². The Morgan fingerprint density at radius 2 is 2.08 bits per heavy atom. The SMILES string of the molecule is [CH][C@@H]1O[C@H](CSCC)[C@H](O)C1O. The molecule has 0 aromatic rings. The minimum Gasteiger partial charge on any atom is -0.388 e. The van der Waals surface area contributed by atoms with Gasteiger partial charge in [0.2, 0.25) is 0 Å². The Hall–Kier alpha value is 0.230. The summed E-state index contributed by atoms with van der Waals surface area (Å²) in [5.41, 5.74) is 0. The molecule has 0 aromatic heterocycles. The minimum atomic E-state index is -0.938. The van der Waals surface area contributed by atoms with E-state index in [1.807, 2.05) is 6.92 Å². The third-order valence-corrected chi connectivity index (χ3v) is 2.86. The summed E-state index contributed by atoms with van der Waals surface area (Å²) in [6, 6.07) is 0. The van der Waals surface area contributed by atoms with E-state index in [-0.39, 0.29) is 6.10 Å². The second-order valence-electron chi connectivity index (χ2n) is 2.78. The highest BCUT2D eigenvalue weighted by molar-refractivity contribution is 7.99. The summed E-state index contributed by atoms with van der Waals surface area (Å²) in [6.07, 6.45) is -2.83. The fraction of sp³-hybridized carbons (Fsp3) is 0.875. The molecule has 1 fully saturated rings. The molecule has 0 aromatic carbocycles. The van der Waals surface area contributed by atoms with Crippen LogP contribution in [0.4, 0.5) is 0 Å². The maximum atomic E-state index is 9.39. The molecule has 70 valence electrons. The first-order valence-corrected chi connectivity index (χ1v) is 5.17. The predicted molar refractivity (Wildman–Crippen MR) is 48.0 cm³/mol. The zero-order chi connectivity index (χ0) is 9.14. The second kappa shape index (κ2) is 4.46. The van der Waals surface area contributed by atoms with Gasteiger partial charge in [0.1, 0.15) is 12.2 Å². The molecule has 3 nitrogen and oxygen atoms in total. The molecule has 1 aliphatic heterocycles. The third-order valence-electron chi connectivity index (χ3n) is 1.89. The number of ether oxygens (including phenoxy) is 1. The van der Waals surface area contributed by atoms with Crippen molar-refractivity contribution in [2.75, 3.05) is 11.5 Å². The molecule has 1 aliphatic rings. The number of hydrogen-bond acceptors (Lipinski definition) is 4. The topological polar surface area (TPSA) is 49.7 Å². The lowest BCUT2D eigenvalue weighted by atomic mass is 10.1. The van der Waals surface area contributed by atoms with E-state index in [1.54, 1.807) is 11.8 Å². The van der Waals surface area contributed by atoms with Crippen LogP contribution in [-0.2, 0) is 4.74 Å². The number of hydrogen-bond donors (Lipinski definition) is 2. The van der Waals surface area contributed by atoms with Gasteiger partial charge in [-0.2, -0.15) is 11.8 Å². The predicted octanol–water partition coefficient (Wildman–Crippen LogP) is -0.0602. The van der Waals surface area contributed by atoms with E-state index in [0.29, 0.717) is 5.75 Å². The first kappa shape index (κ1) is 10.3. The van der Waals surface area contributed by atoms with Gasteiger partial charge in [-0.1, -0.05) is 6.92 Å². The van der Waals surface area contributed by atoms with Gasteiger partial charge in [-0.15, -0.1) is 0 Å². The lowest BCUT2D eigenvalue weighted by molar-refractivity contribution is 0.0337. The molecule has 1 unspecified atom stereocenters. The molecule has 12 heavy (non-hydrogen) atoms. The van der Waals surface area contributed by atoms with Crippen LogP contribution in [-0.4, -0.2) is 46.1 Å². The molecule has 0 saturated carbocycles. The number of thioether (sulfide) groups is 1. The summed E-state index contributed by atoms with van der Waals surface area (Å²) in [5.74, 6) is 1.65. The van der Waals surface area contributed by atoms with Gasteiger partial charge >= 0.3 is 0 Å². The Kier molecular flexibility index (Phi) is 3.83. The van der Waals surface area contributed by atoms with Crippen molar-refractivity contribution >= 4 is 11.8 Å². The van der Waals surface area contributed by atoms with E-state index in [1.165, 1.54) is 0 Å². The summed E-state index contributed by atoms with van der Waals surface area (Å²) in [6.45, 7) is 7.42. The van der Waals surface area contributed by atoms with E-state index >= 15 is 0 Å². The molecule has 4 atom stereocenters. The van der Waals surface area contributed by atoms with Crippen molar-refractivity contribution in [3.05, 3.63) is 6.92 Å². The number of rotatable bonds is 3. The van der Waals surface area contributed by atoms with Crippen LogP contribution in [0.15, 0.2) is 0 Å². The van der Waals surface area contributed by atoms with Crippen molar-refractivity contribution in [2.45, 2.75) is 31.3 Å². The molecule has 0 aliphatic carbocycles.